The van der Waals surface area contributed by atoms with Crippen LogP contribution < -0.4 is 0 Å². The van der Waals surface area contributed by atoms with Crippen LogP contribution in [0.2, 0.25) is 0 Å². The Morgan fingerprint density at radius 2 is 1.00 bits per heavy atom. The largest absolute Gasteiger partial charge is 0.0636 e. The molecule has 0 bridgehead atoms. The Balaban J connectivity index is 1.63. The van der Waals surface area contributed by atoms with Gasteiger partial charge in [-0.15, -0.1) is 0 Å². The van der Waals surface area contributed by atoms with Crippen LogP contribution in [0.4, 0.5) is 0 Å². The molecule has 0 heteroatoms. The van der Waals surface area contributed by atoms with E-state index in [1.54, 1.807) is 12.1 Å². The molecule has 0 nitrogen and oxygen atoms in total. The maximum atomic E-state index is 9.59. The van der Waals surface area contributed by atoms with E-state index in [1.165, 1.54) is 0 Å². The zero-order valence-corrected chi connectivity index (χ0v) is 26.1. The maximum absolute atomic E-state index is 9.59. The van der Waals surface area contributed by atoms with Crippen molar-refractivity contribution < 1.29 is 26.0 Å². The molecule has 48 heavy (non-hydrogen) atoms. The van der Waals surface area contributed by atoms with Gasteiger partial charge in [-0.25, -0.2) is 0 Å². The molecule has 0 aromatic heterocycles. The summed E-state index contributed by atoms with van der Waals surface area (Å²) >= 11 is 0. The van der Waals surface area contributed by atoms with E-state index in [-0.39, 0.29) is 27.1 Å². The van der Waals surface area contributed by atoms with E-state index in [1.807, 2.05) is 57.2 Å². The number of benzene rings is 9. The van der Waals surface area contributed by atoms with Crippen LogP contribution in [0.5, 0.6) is 0 Å². The lowest BCUT2D eigenvalue weighted by atomic mass is 9.80. The maximum Gasteiger partial charge on any atom is 0.0636 e. The topological polar surface area (TPSA) is 0 Å². The molecule has 0 aliphatic carbocycles. The van der Waals surface area contributed by atoms with Gasteiger partial charge in [0, 0.05) is 0 Å². The predicted octanol–water partition coefficient (Wildman–Crippen LogP) is 13.8. The average Bonchev–Trinajstić information content (AvgIpc) is 3.30. The smallest absolute Gasteiger partial charge is 0.0622 e. The number of fused-ring (bicyclic) bond motifs is 6. The molecule has 0 unspecified atom stereocenters. The quantitative estimate of drug-likeness (QED) is 0.134. The van der Waals surface area contributed by atoms with Crippen molar-refractivity contribution in [2.45, 2.75) is 26.2 Å². The summed E-state index contributed by atoms with van der Waals surface area (Å²) in [5.74, 6) is 0. The van der Waals surface area contributed by atoms with Crippen molar-refractivity contribution in [3.63, 3.8) is 0 Å². The van der Waals surface area contributed by atoms with E-state index >= 15 is 0 Å². The third-order valence-electron chi connectivity index (χ3n) is 8.69. The van der Waals surface area contributed by atoms with E-state index in [0.717, 1.165) is 11.1 Å². The van der Waals surface area contributed by atoms with E-state index in [9.17, 15) is 15.1 Å². The van der Waals surface area contributed by atoms with Crippen LogP contribution in [0.3, 0.4) is 0 Å². The van der Waals surface area contributed by atoms with E-state index in [4.69, 9.17) is 11.0 Å². The summed E-state index contributed by atoms with van der Waals surface area (Å²) in [5, 5.41) is -3.89. The van der Waals surface area contributed by atoms with Crippen molar-refractivity contribution in [2.75, 3.05) is 0 Å². The molecule has 0 radical (unpaired) electrons. The van der Waals surface area contributed by atoms with Crippen LogP contribution in [0.15, 0.2) is 163 Å². The molecule has 0 saturated heterocycles. The normalized spacial score (nSPS) is 17.6. The van der Waals surface area contributed by atoms with E-state index < -0.39 is 164 Å². The molecule has 9 aromatic carbocycles. The third kappa shape index (κ3) is 4.60. The summed E-state index contributed by atoms with van der Waals surface area (Å²) < 4.78 is 174. The van der Waals surface area contributed by atoms with Gasteiger partial charge in [-0.3, -0.25) is 0 Å². The van der Waals surface area contributed by atoms with Crippen molar-refractivity contribution in [2.24, 2.45) is 0 Å². The van der Waals surface area contributed by atoms with E-state index in [0.29, 0.717) is 11.1 Å². The first-order valence-corrected chi connectivity index (χ1v) is 15.4. The SMILES string of the molecule is [2H]c1c([2H])c([2H])c2c(-c3c([2H])c([2H])c([2H])c4c3c([2H])c([2H])c3c([2H])c5c([2H])c([2H])c([2H])c([2H])c5c([2H])c34)c3c([2H])c([2H])c([2H])c([2H])c3c(-c3cc(-c4ccccc4)cc(C(C)(C)C)c3)c2c1[2H]. The Hall–Kier alpha value is -5.72. The minimum atomic E-state index is -0.848. The van der Waals surface area contributed by atoms with Crippen LogP contribution >= 0.6 is 0 Å². The first-order valence-electron chi connectivity index (χ1n) is 24.9. The van der Waals surface area contributed by atoms with Gasteiger partial charge >= 0.3 is 0 Å². The van der Waals surface area contributed by atoms with Gasteiger partial charge in [-0.1, -0.05) is 166 Å². The second-order valence-electron chi connectivity index (χ2n) is 12.7. The highest BCUT2D eigenvalue weighted by atomic mass is 14.2. The molecule has 0 N–H and O–H groups in total. The lowest BCUT2D eigenvalue weighted by Gasteiger charge is -2.23. The van der Waals surface area contributed by atoms with Crippen molar-refractivity contribution >= 4 is 53.9 Å². The highest BCUT2D eigenvalue weighted by Gasteiger charge is 2.21. The Morgan fingerprint density at radius 1 is 0.417 bits per heavy atom. The van der Waals surface area contributed by atoms with E-state index in [2.05, 4.69) is 0 Å². The zero-order valence-electron chi connectivity index (χ0n) is 45.1. The Bertz CT molecular complexity index is 3680. The van der Waals surface area contributed by atoms with Crippen LogP contribution in [0, 0.1) is 0 Å². The molecule has 0 atom stereocenters. The molecule has 9 aromatic rings. The van der Waals surface area contributed by atoms with Gasteiger partial charge in [0.15, 0.2) is 0 Å². The third-order valence-corrected chi connectivity index (χ3v) is 8.69. The summed E-state index contributed by atoms with van der Waals surface area (Å²) in [5.41, 5.74) is 1.07. The summed E-state index contributed by atoms with van der Waals surface area (Å²) in [7, 11) is 0. The number of hydrogen-bond donors (Lipinski definition) is 0. The molecule has 0 saturated carbocycles. The second-order valence-corrected chi connectivity index (χ2v) is 12.7. The molecule has 0 fully saturated rings. The number of rotatable bonds is 3. The van der Waals surface area contributed by atoms with Gasteiger partial charge in [0.2, 0.25) is 0 Å². The van der Waals surface area contributed by atoms with Gasteiger partial charge in [0.1, 0.15) is 0 Å². The van der Waals surface area contributed by atoms with Crippen LogP contribution in [-0.4, -0.2) is 0 Å². The Kier molecular flexibility index (Phi) is 3.42. The van der Waals surface area contributed by atoms with Crippen LogP contribution in [0.1, 0.15) is 52.4 Å². The Morgan fingerprint density at radius 3 is 1.67 bits per heavy atom. The molecule has 0 spiro atoms. The molecular formula is C48H36. The van der Waals surface area contributed by atoms with Gasteiger partial charge in [-0.05, 0) is 116 Å². The zero-order chi connectivity index (χ0) is 48.9. The highest BCUT2D eigenvalue weighted by Crippen LogP contribution is 2.47. The highest BCUT2D eigenvalue weighted by molar-refractivity contribution is 6.25. The average molecular weight is 632 g/mol. The lowest BCUT2D eigenvalue weighted by Crippen LogP contribution is -2.11. The summed E-state index contributed by atoms with van der Waals surface area (Å²) in [6.07, 6.45) is 0. The molecular weight excluding hydrogens is 577 g/mol. The monoisotopic (exact) mass is 631 g/mol. The van der Waals surface area contributed by atoms with Crippen molar-refractivity contribution in [1.29, 1.82) is 0 Å². The summed E-state index contributed by atoms with van der Waals surface area (Å²) in [6.45, 7) is 5.92. The fourth-order valence-electron chi connectivity index (χ4n) is 6.35. The van der Waals surface area contributed by atoms with Gasteiger partial charge < -0.3 is 0 Å². The van der Waals surface area contributed by atoms with Gasteiger partial charge in [0.25, 0.3) is 0 Å². The van der Waals surface area contributed by atoms with Crippen molar-refractivity contribution in [1.82, 2.24) is 0 Å². The second kappa shape index (κ2) is 10.9. The summed E-state index contributed by atoms with van der Waals surface area (Å²) in [4.78, 5) is 0. The van der Waals surface area contributed by atoms with Crippen LogP contribution in [-0.2, 0) is 5.41 Å². The first-order chi connectivity index (χ1) is 31.4. The van der Waals surface area contributed by atoms with Crippen molar-refractivity contribution in [3.8, 4) is 33.4 Å². The first kappa shape index (κ1) is 15.0. The molecule has 228 valence electrons. The fraction of sp³-hybridized carbons (Fsp3) is 0.0833. The standard InChI is InChI=1S/C48H36/c1-48(2,3)37-28-35(31-14-5-4-6-15-31)27-36(29-37)46-41-18-9-11-20-43(41)47(44-21-12-10-19-42(44)46)40-23-13-22-38-39(40)25-24-34-26-32-16-7-8-17-33(32)30-45(34)38/h4-30H,1-3H3/i7D,8D,9D,10D,11D,12D,13D,16D,17D,18D,19D,20D,21D,22D,23D,24D,25D,26D,30D. The van der Waals surface area contributed by atoms with Gasteiger partial charge in [0.05, 0.1) is 26.0 Å². The number of hydrogen-bond acceptors (Lipinski definition) is 0. The molecule has 0 aliphatic rings. The fourth-order valence-corrected chi connectivity index (χ4v) is 6.35. The summed E-state index contributed by atoms with van der Waals surface area (Å²) in [6, 6.07) is 1.10. The molecule has 0 aliphatic heterocycles. The Labute approximate surface area is 308 Å². The van der Waals surface area contributed by atoms with Crippen LogP contribution in [0.25, 0.3) is 87.2 Å². The lowest BCUT2D eigenvalue weighted by molar-refractivity contribution is 0.591. The molecule has 9 rings (SSSR count). The molecule has 0 heterocycles. The van der Waals surface area contributed by atoms with Gasteiger partial charge in [-0.2, -0.15) is 0 Å². The minimum absolute atomic E-state index is 0.000648. The predicted molar refractivity (Wildman–Crippen MR) is 209 cm³/mol. The van der Waals surface area contributed by atoms with Crippen molar-refractivity contribution in [3.05, 3.63) is 169 Å². The molecule has 0 amide bonds. The minimum Gasteiger partial charge on any atom is -0.0622 e.